The van der Waals surface area contributed by atoms with Gasteiger partial charge in [0.25, 0.3) is 0 Å². The quantitative estimate of drug-likeness (QED) is 0.825. The van der Waals surface area contributed by atoms with Gasteiger partial charge in [-0.05, 0) is 38.8 Å². The van der Waals surface area contributed by atoms with Crippen molar-refractivity contribution in [2.75, 3.05) is 5.32 Å². The molecule has 5 nitrogen and oxygen atoms in total. The molecule has 0 bridgehead atoms. The van der Waals surface area contributed by atoms with Crippen LogP contribution in [0.3, 0.4) is 0 Å². The van der Waals surface area contributed by atoms with Crippen LogP contribution in [0.1, 0.15) is 26.0 Å². The first-order valence-corrected chi connectivity index (χ1v) is 7.23. The molecule has 6 heteroatoms. The minimum Gasteiger partial charge on any atom is -0.363 e. The summed E-state index contributed by atoms with van der Waals surface area (Å²) < 4.78 is 2.04. The third-order valence-electron chi connectivity index (χ3n) is 3.40. The fourth-order valence-electron chi connectivity index (χ4n) is 2.01. The van der Waals surface area contributed by atoms with Gasteiger partial charge in [-0.25, -0.2) is 0 Å². The number of hydrogen-bond donors (Lipinski definition) is 1. The summed E-state index contributed by atoms with van der Waals surface area (Å²) >= 11 is 2.24. The standard InChI is InChI=1S/C12H16IN5/c1-8-5-6-11-12(16-18-17-15-11)14-10(9(8)2)4-3-7-13/h3,5-10H,4H2,1-2H3,(H,14,16,17)/b6-5?,7-3+/t8-,9-,10?/m0/s1. The van der Waals surface area contributed by atoms with Gasteiger partial charge < -0.3 is 5.32 Å². The SMILES string of the molecule is C[C@@H]1C(C/C=C/I)Nc2nnnnc2C=C[C@@H]1C. The molecule has 1 N–H and O–H groups in total. The van der Waals surface area contributed by atoms with Gasteiger partial charge in [0.1, 0.15) is 5.69 Å². The topological polar surface area (TPSA) is 63.6 Å². The van der Waals surface area contributed by atoms with Crippen molar-refractivity contribution in [3.8, 4) is 0 Å². The van der Waals surface area contributed by atoms with Gasteiger partial charge in [0.2, 0.25) is 0 Å². The Morgan fingerprint density at radius 3 is 2.89 bits per heavy atom. The van der Waals surface area contributed by atoms with Crippen LogP contribution in [0.2, 0.25) is 0 Å². The largest absolute Gasteiger partial charge is 0.363 e. The van der Waals surface area contributed by atoms with Crippen LogP contribution in [0.4, 0.5) is 5.82 Å². The monoisotopic (exact) mass is 357 g/mol. The van der Waals surface area contributed by atoms with Gasteiger partial charge in [-0.3, -0.25) is 0 Å². The van der Waals surface area contributed by atoms with Crippen molar-refractivity contribution in [3.63, 3.8) is 0 Å². The molecule has 3 atom stereocenters. The van der Waals surface area contributed by atoms with Crippen molar-refractivity contribution < 1.29 is 0 Å². The molecule has 2 rings (SSSR count). The Bertz CT molecular complexity index is 460. The first-order chi connectivity index (χ1) is 8.72. The van der Waals surface area contributed by atoms with Crippen molar-refractivity contribution in [1.82, 2.24) is 20.6 Å². The maximum absolute atomic E-state index is 4.03. The number of halogens is 1. The lowest BCUT2D eigenvalue weighted by Crippen LogP contribution is -2.32. The molecule has 2 heterocycles. The Hall–Kier alpha value is -1.05. The molecule has 0 spiro atoms. The van der Waals surface area contributed by atoms with Gasteiger partial charge in [-0.1, -0.05) is 48.6 Å². The average molecular weight is 357 g/mol. The Morgan fingerprint density at radius 1 is 1.33 bits per heavy atom. The van der Waals surface area contributed by atoms with E-state index in [1.807, 2.05) is 10.2 Å². The molecule has 0 aromatic carbocycles. The normalized spacial score (nSPS) is 27.4. The zero-order valence-corrected chi connectivity index (χ0v) is 12.6. The van der Waals surface area contributed by atoms with Gasteiger partial charge in [-0.15, -0.1) is 10.2 Å². The van der Waals surface area contributed by atoms with Crippen molar-refractivity contribution in [2.45, 2.75) is 26.3 Å². The summed E-state index contributed by atoms with van der Waals surface area (Å²) in [7, 11) is 0. The predicted molar refractivity (Wildman–Crippen MR) is 80.2 cm³/mol. The van der Waals surface area contributed by atoms with Gasteiger partial charge in [-0.2, -0.15) is 0 Å². The molecule has 0 saturated carbocycles. The molecule has 1 aliphatic rings. The lowest BCUT2D eigenvalue weighted by molar-refractivity contribution is 0.393. The van der Waals surface area contributed by atoms with E-state index < -0.39 is 0 Å². The van der Waals surface area contributed by atoms with Gasteiger partial charge >= 0.3 is 0 Å². The molecule has 0 radical (unpaired) electrons. The van der Waals surface area contributed by atoms with Crippen LogP contribution in [0, 0.1) is 11.8 Å². The Labute approximate surface area is 120 Å². The molecule has 1 aromatic rings. The minimum absolute atomic E-state index is 0.327. The highest BCUT2D eigenvalue weighted by Gasteiger charge is 2.24. The van der Waals surface area contributed by atoms with Gasteiger partial charge in [0, 0.05) is 6.04 Å². The predicted octanol–water partition coefficient (Wildman–Crippen LogP) is 2.68. The molecular weight excluding hydrogens is 341 g/mol. The summed E-state index contributed by atoms with van der Waals surface area (Å²) in [6, 6.07) is 0.327. The first-order valence-electron chi connectivity index (χ1n) is 5.98. The van der Waals surface area contributed by atoms with Crippen LogP contribution in [0.25, 0.3) is 6.08 Å². The van der Waals surface area contributed by atoms with E-state index in [4.69, 9.17) is 0 Å². The fourth-order valence-corrected chi connectivity index (χ4v) is 2.30. The molecule has 0 amide bonds. The molecule has 0 aliphatic carbocycles. The number of nitrogens with one attached hydrogen (secondary N) is 1. The van der Waals surface area contributed by atoms with E-state index >= 15 is 0 Å². The van der Waals surface area contributed by atoms with Crippen LogP contribution in [0.5, 0.6) is 0 Å². The van der Waals surface area contributed by atoms with Crippen molar-refractivity contribution in [3.05, 3.63) is 21.9 Å². The Morgan fingerprint density at radius 2 is 2.11 bits per heavy atom. The second-order valence-electron chi connectivity index (χ2n) is 4.54. The minimum atomic E-state index is 0.327. The van der Waals surface area contributed by atoms with Crippen molar-refractivity contribution >= 4 is 34.5 Å². The second-order valence-corrected chi connectivity index (χ2v) is 5.26. The Balaban J connectivity index is 2.30. The number of anilines is 1. The van der Waals surface area contributed by atoms with Crippen molar-refractivity contribution in [2.24, 2.45) is 11.8 Å². The second kappa shape index (κ2) is 6.21. The van der Waals surface area contributed by atoms with E-state index in [2.05, 4.69) is 74.5 Å². The molecular formula is C12H16IN5. The van der Waals surface area contributed by atoms with Gasteiger partial charge in [0.05, 0.1) is 0 Å². The van der Waals surface area contributed by atoms with Crippen LogP contribution < -0.4 is 5.32 Å². The zero-order valence-electron chi connectivity index (χ0n) is 10.4. The highest BCUT2D eigenvalue weighted by Crippen LogP contribution is 2.26. The number of hydrogen-bond acceptors (Lipinski definition) is 5. The van der Waals surface area contributed by atoms with E-state index in [1.54, 1.807) is 0 Å². The fraction of sp³-hybridized carbons (Fsp3) is 0.500. The summed E-state index contributed by atoms with van der Waals surface area (Å²) in [5, 5.41) is 18.6. The Kier molecular flexibility index (Phi) is 4.62. The third-order valence-corrected chi connectivity index (χ3v) is 3.91. The summed E-state index contributed by atoms with van der Waals surface area (Å²) in [5.74, 6) is 1.71. The molecule has 0 saturated heterocycles. The summed E-state index contributed by atoms with van der Waals surface area (Å²) in [6.45, 7) is 4.47. The highest BCUT2D eigenvalue weighted by molar-refractivity contribution is 14.1. The van der Waals surface area contributed by atoms with E-state index in [9.17, 15) is 0 Å². The lowest BCUT2D eigenvalue weighted by Gasteiger charge is -2.29. The van der Waals surface area contributed by atoms with Crippen LogP contribution in [0.15, 0.2) is 16.2 Å². The molecule has 18 heavy (non-hydrogen) atoms. The van der Waals surface area contributed by atoms with E-state index in [-0.39, 0.29) is 0 Å². The number of aromatic nitrogens is 4. The maximum Gasteiger partial charge on any atom is 0.178 e. The number of allylic oxidation sites excluding steroid dienone is 1. The number of nitrogens with zero attached hydrogens (tertiary/aromatic N) is 4. The maximum atomic E-state index is 4.03. The smallest absolute Gasteiger partial charge is 0.178 e. The summed E-state index contributed by atoms with van der Waals surface area (Å²) in [5.41, 5.74) is 0.757. The van der Waals surface area contributed by atoms with E-state index in [0.29, 0.717) is 23.7 Å². The summed E-state index contributed by atoms with van der Waals surface area (Å²) in [4.78, 5) is 0. The van der Waals surface area contributed by atoms with E-state index in [1.165, 1.54) is 0 Å². The molecule has 1 unspecified atom stereocenters. The van der Waals surface area contributed by atoms with Crippen LogP contribution in [-0.4, -0.2) is 26.7 Å². The molecule has 1 aromatic heterocycles. The first kappa shape index (κ1) is 13.4. The van der Waals surface area contributed by atoms with Gasteiger partial charge in [0.15, 0.2) is 5.82 Å². The zero-order chi connectivity index (χ0) is 13.0. The van der Waals surface area contributed by atoms with E-state index in [0.717, 1.165) is 12.1 Å². The summed E-state index contributed by atoms with van der Waals surface area (Å²) in [6.07, 6.45) is 7.26. The van der Waals surface area contributed by atoms with Crippen LogP contribution in [-0.2, 0) is 0 Å². The average Bonchev–Trinajstić information content (AvgIpc) is 2.39. The third kappa shape index (κ3) is 3.04. The number of rotatable bonds is 2. The highest BCUT2D eigenvalue weighted by atomic mass is 127. The number of fused-ring (bicyclic) bond motifs is 1. The van der Waals surface area contributed by atoms with Crippen LogP contribution >= 0.6 is 22.6 Å². The molecule has 0 fully saturated rings. The molecule has 1 aliphatic heterocycles. The molecule has 96 valence electrons. The lowest BCUT2D eigenvalue weighted by atomic mass is 9.86. The van der Waals surface area contributed by atoms with Crippen molar-refractivity contribution in [1.29, 1.82) is 0 Å².